The highest BCUT2D eigenvalue weighted by Crippen LogP contribution is 2.32. The molecule has 1 saturated heterocycles. The van der Waals surface area contributed by atoms with Crippen molar-refractivity contribution in [1.82, 2.24) is 9.97 Å². The monoisotopic (exact) mass is 380 g/mol. The van der Waals surface area contributed by atoms with Crippen molar-refractivity contribution in [2.24, 2.45) is 0 Å². The van der Waals surface area contributed by atoms with E-state index in [9.17, 15) is 9.59 Å². The van der Waals surface area contributed by atoms with Gasteiger partial charge in [-0.2, -0.15) is 0 Å². The first kappa shape index (κ1) is 17.6. The number of nitrogens with one attached hydrogen (secondary N) is 1. The normalized spacial score (nSPS) is 14.2. The van der Waals surface area contributed by atoms with E-state index in [2.05, 4.69) is 15.3 Å². The number of carbonyl (C=O) groups excluding carboxylic acids is 2. The lowest BCUT2D eigenvalue weighted by Gasteiger charge is -2.16. The second kappa shape index (κ2) is 6.74. The molecule has 0 radical (unpaired) electrons. The lowest BCUT2D eigenvalue weighted by atomic mass is 10.1. The van der Waals surface area contributed by atoms with E-state index in [0.717, 1.165) is 40.1 Å². The van der Waals surface area contributed by atoms with Crippen LogP contribution in [0.2, 0.25) is 0 Å². The summed E-state index contributed by atoms with van der Waals surface area (Å²) in [7, 11) is 0. The topological polar surface area (TPSA) is 75.2 Å². The Morgan fingerprint density at radius 3 is 2.78 bits per heavy atom. The van der Waals surface area contributed by atoms with Crippen molar-refractivity contribution in [3.63, 3.8) is 0 Å². The average Bonchev–Trinajstić information content (AvgIpc) is 3.18. The molecule has 0 atom stereocenters. The predicted octanol–water partition coefficient (Wildman–Crippen LogP) is 4.00. The van der Waals surface area contributed by atoms with Crippen molar-refractivity contribution in [2.45, 2.75) is 33.6 Å². The van der Waals surface area contributed by atoms with Gasteiger partial charge < -0.3 is 10.2 Å². The Morgan fingerprint density at radius 2 is 2.04 bits per heavy atom. The molecule has 3 aromatic rings. The van der Waals surface area contributed by atoms with E-state index in [-0.39, 0.29) is 11.8 Å². The van der Waals surface area contributed by atoms with Crippen molar-refractivity contribution >= 4 is 44.7 Å². The van der Waals surface area contributed by atoms with Crippen molar-refractivity contribution in [2.75, 3.05) is 16.8 Å². The summed E-state index contributed by atoms with van der Waals surface area (Å²) in [5, 5.41) is 3.91. The van der Waals surface area contributed by atoms with Crippen LogP contribution in [0.1, 0.15) is 39.6 Å². The van der Waals surface area contributed by atoms with Gasteiger partial charge in [0.15, 0.2) is 0 Å². The lowest BCUT2D eigenvalue weighted by Crippen LogP contribution is -2.23. The molecular weight excluding hydrogens is 360 g/mol. The molecule has 1 aliphatic heterocycles. The smallest absolute Gasteiger partial charge is 0.266 e. The van der Waals surface area contributed by atoms with Gasteiger partial charge in [-0.1, -0.05) is 6.07 Å². The van der Waals surface area contributed by atoms with E-state index in [1.54, 1.807) is 4.90 Å². The van der Waals surface area contributed by atoms with Crippen LogP contribution in [-0.4, -0.2) is 28.3 Å². The van der Waals surface area contributed by atoms with Crippen LogP contribution in [-0.2, 0) is 4.79 Å². The van der Waals surface area contributed by atoms with Gasteiger partial charge in [0.05, 0.1) is 4.88 Å². The number of aryl methyl sites for hydroxylation is 3. The fraction of sp³-hybridized carbons (Fsp3) is 0.300. The van der Waals surface area contributed by atoms with Crippen LogP contribution in [0, 0.1) is 20.8 Å². The molecule has 2 amide bonds. The fourth-order valence-electron chi connectivity index (χ4n) is 3.55. The zero-order chi connectivity index (χ0) is 19.1. The molecule has 27 heavy (non-hydrogen) atoms. The highest BCUT2D eigenvalue weighted by atomic mass is 32.1. The average molecular weight is 380 g/mol. The van der Waals surface area contributed by atoms with Crippen LogP contribution in [0.15, 0.2) is 24.3 Å². The van der Waals surface area contributed by atoms with Crippen LogP contribution in [0.5, 0.6) is 0 Å². The fourth-order valence-corrected chi connectivity index (χ4v) is 4.72. The Kier molecular flexibility index (Phi) is 4.39. The van der Waals surface area contributed by atoms with E-state index in [0.29, 0.717) is 22.8 Å². The van der Waals surface area contributed by atoms with Crippen LogP contribution in [0.25, 0.3) is 10.2 Å². The summed E-state index contributed by atoms with van der Waals surface area (Å²) >= 11 is 1.38. The minimum absolute atomic E-state index is 0.128. The van der Waals surface area contributed by atoms with Crippen molar-refractivity contribution in [3.05, 3.63) is 46.2 Å². The zero-order valence-electron chi connectivity index (χ0n) is 15.5. The highest BCUT2D eigenvalue weighted by molar-refractivity contribution is 7.20. The highest BCUT2D eigenvalue weighted by Gasteiger charge is 2.22. The first-order chi connectivity index (χ1) is 12.9. The summed E-state index contributed by atoms with van der Waals surface area (Å²) in [4.78, 5) is 36.9. The van der Waals surface area contributed by atoms with E-state index in [4.69, 9.17) is 0 Å². The van der Waals surface area contributed by atoms with Gasteiger partial charge in [0.1, 0.15) is 10.7 Å². The number of anilines is 2. The number of hydrogen-bond donors (Lipinski definition) is 1. The van der Waals surface area contributed by atoms with E-state index >= 15 is 0 Å². The number of hydrogen-bond acceptors (Lipinski definition) is 5. The Hall–Kier alpha value is -2.80. The SMILES string of the molecule is Cc1nc(C)c2c(C)c(C(=O)Nc3cccc(N4CCCC4=O)c3)sc2n1. The Morgan fingerprint density at radius 1 is 1.22 bits per heavy atom. The molecule has 6 nitrogen and oxygen atoms in total. The molecule has 0 unspecified atom stereocenters. The van der Waals surface area contributed by atoms with Gasteiger partial charge in [0.25, 0.3) is 5.91 Å². The second-order valence-electron chi connectivity index (χ2n) is 6.75. The largest absolute Gasteiger partial charge is 0.321 e. The third-order valence-corrected chi connectivity index (χ3v) is 5.96. The van der Waals surface area contributed by atoms with Crippen LogP contribution < -0.4 is 10.2 Å². The van der Waals surface area contributed by atoms with Gasteiger partial charge in [-0.15, -0.1) is 11.3 Å². The predicted molar refractivity (Wildman–Crippen MR) is 108 cm³/mol. The number of carbonyl (C=O) groups is 2. The maximum atomic E-state index is 12.9. The quantitative estimate of drug-likeness (QED) is 0.745. The van der Waals surface area contributed by atoms with Crippen molar-refractivity contribution < 1.29 is 9.59 Å². The van der Waals surface area contributed by atoms with Gasteiger partial charge in [0.2, 0.25) is 5.91 Å². The molecule has 138 valence electrons. The van der Waals surface area contributed by atoms with Crippen molar-refractivity contribution in [1.29, 1.82) is 0 Å². The van der Waals surface area contributed by atoms with Gasteiger partial charge in [-0.25, -0.2) is 9.97 Å². The number of amides is 2. The summed E-state index contributed by atoms with van der Waals surface area (Å²) in [6.07, 6.45) is 1.45. The molecule has 0 spiro atoms. The molecule has 7 heteroatoms. The molecule has 0 bridgehead atoms. The first-order valence-electron chi connectivity index (χ1n) is 8.90. The molecule has 1 fully saturated rings. The number of benzene rings is 1. The number of thiophene rings is 1. The first-order valence-corrected chi connectivity index (χ1v) is 9.72. The summed E-state index contributed by atoms with van der Waals surface area (Å²) in [5.41, 5.74) is 3.28. The molecular formula is C20H20N4O2S. The lowest BCUT2D eigenvalue weighted by molar-refractivity contribution is -0.117. The van der Waals surface area contributed by atoms with Crippen LogP contribution >= 0.6 is 11.3 Å². The molecule has 1 N–H and O–H groups in total. The number of fused-ring (bicyclic) bond motifs is 1. The van der Waals surface area contributed by atoms with Crippen LogP contribution in [0.3, 0.4) is 0 Å². The Bertz CT molecular complexity index is 1070. The third-order valence-electron chi connectivity index (χ3n) is 4.78. The third kappa shape index (κ3) is 3.19. The minimum Gasteiger partial charge on any atom is -0.321 e. The maximum absolute atomic E-state index is 12.9. The molecule has 3 heterocycles. The van der Waals surface area contributed by atoms with E-state index in [1.807, 2.05) is 45.0 Å². The minimum atomic E-state index is -0.169. The zero-order valence-corrected chi connectivity index (χ0v) is 16.3. The number of rotatable bonds is 3. The van der Waals surface area contributed by atoms with Crippen molar-refractivity contribution in [3.8, 4) is 0 Å². The number of aromatic nitrogens is 2. The molecule has 0 aliphatic carbocycles. The van der Waals surface area contributed by atoms with Gasteiger partial charge >= 0.3 is 0 Å². The Balaban J connectivity index is 1.63. The summed E-state index contributed by atoms with van der Waals surface area (Å²) in [6.45, 7) is 6.45. The molecule has 2 aromatic heterocycles. The number of nitrogens with zero attached hydrogens (tertiary/aromatic N) is 3. The molecule has 0 saturated carbocycles. The summed E-state index contributed by atoms with van der Waals surface area (Å²) in [6, 6.07) is 7.43. The molecule has 1 aliphatic rings. The maximum Gasteiger partial charge on any atom is 0.266 e. The molecule has 4 rings (SSSR count). The molecule has 1 aromatic carbocycles. The van der Waals surface area contributed by atoms with E-state index in [1.165, 1.54) is 11.3 Å². The van der Waals surface area contributed by atoms with Gasteiger partial charge in [-0.05, 0) is 51.0 Å². The Labute approximate surface area is 161 Å². The van der Waals surface area contributed by atoms with Gasteiger partial charge in [-0.3, -0.25) is 9.59 Å². The summed E-state index contributed by atoms with van der Waals surface area (Å²) in [5.74, 6) is 0.664. The van der Waals surface area contributed by atoms with Crippen LogP contribution in [0.4, 0.5) is 11.4 Å². The standard InChI is InChI=1S/C20H20N4O2S/c1-11-17-12(2)21-13(3)22-20(17)27-18(11)19(26)23-14-6-4-7-15(10-14)24-9-5-8-16(24)25/h4,6-7,10H,5,8-9H2,1-3H3,(H,23,26). The van der Waals surface area contributed by atoms with Gasteiger partial charge in [0, 0.05) is 35.4 Å². The second-order valence-corrected chi connectivity index (χ2v) is 7.75. The summed E-state index contributed by atoms with van der Waals surface area (Å²) < 4.78 is 0. The van der Waals surface area contributed by atoms with E-state index < -0.39 is 0 Å².